The first-order valence-corrected chi connectivity index (χ1v) is 10.8. The maximum Gasteiger partial charge on any atom is 0.246 e. The zero-order valence-corrected chi connectivity index (χ0v) is 17.4. The molecule has 0 aliphatic carbocycles. The van der Waals surface area contributed by atoms with Crippen LogP contribution in [0.2, 0.25) is 0 Å². The summed E-state index contributed by atoms with van der Waals surface area (Å²) in [6.45, 7) is 4.01. The number of rotatable bonds is 7. The Kier molecular flexibility index (Phi) is 5.50. The van der Waals surface area contributed by atoms with Gasteiger partial charge in [-0.05, 0) is 55.8 Å². The van der Waals surface area contributed by atoms with Crippen molar-refractivity contribution in [1.29, 1.82) is 0 Å². The number of hydrogen-bond acceptors (Lipinski definition) is 4. The van der Waals surface area contributed by atoms with Gasteiger partial charge in [0.2, 0.25) is 5.91 Å². The molecule has 1 amide bonds. The van der Waals surface area contributed by atoms with Gasteiger partial charge in [0.25, 0.3) is 0 Å². The average molecular weight is 415 g/mol. The second-order valence-electron chi connectivity index (χ2n) is 8.14. The standard InChI is InChI=1S/C24H26N6O/c31-24(18-30-17-22(26-27-30)16-28-11-4-5-12-28)25-21-8-9-23-20(14-21)10-13-29(23)15-19-6-2-1-3-7-19/h1-3,6-10,13-14,17H,4-5,11-12,15-16,18H2,(H,25,31). The zero-order chi connectivity index (χ0) is 21.0. The van der Waals surface area contributed by atoms with E-state index < -0.39 is 0 Å². The zero-order valence-electron chi connectivity index (χ0n) is 17.4. The summed E-state index contributed by atoms with van der Waals surface area (Å²) in [5.41, 5.74) is 4.10. The fraction of sp³-hybridized carbons (Fsp3) is 0.292. The van der Waals surface area contributed by atoms with Crippen molar-refractivity contribution < 1.29 is 4.79 Å². The molecule has 0 spiro atoms. The van der Waals surface area contributed by atoms with Crippen LogP contribution in [0.15, 0.2) is 67.0 Å². The van der Waals surface area contributed by atoms with Crippen LogP contribution in [0.5, 0.6) is 0 Å². The highest BCUT2D eigenvalue weighted by Gasteiger charge is 2.14. The van der Waals surface area contributed by atoms with E-state index in [4.69, 9.17) is 0 Å². The second-order valence-corrected chi connectivity index (χ2v) is 8.14. The van der Waals surface area contributed by atoms with Crippen LogP contribution in [0.3, 0.4) is 0 Å². The van der Waals surface area contributed by atoms with Gasteiger partial charge in [-0.3, -0.25) is 9.69 Å². The van der Waals surface area contributed by atoms with Gasteiger partial charge >= 0.3 is 0 Å². The lowest BCUT2D eigenvalue weighted by molar-refractivity contribution is -0.116. The molecule has 0 unspecified atom stereocenters. The molecule has 0 atom stereocenters. The molecule has 1 aliphatic rings. The van der Waals surface area contributed by atoms with Gasteiger partial charge in [0.05, 0.1) is 11.9 Å². The summed E-state index contributed by atoms with van der Waals surface area (Å²) in [6, 6.07) is 18.5. The molecule has 158 valence electrons. The number of fused-ring (bicyclic) bond motifs is 1. The van der Waals surface area contributed by atoms with E-state index in [9.17, 15) is 4.79 Å². The number of carbonyl (C=O) groups excluding carboxylic acids is 1. The Morgan fingerprint density at radius 2 is 1.84 bits per heavy atom. The van der Waals surface area contributed by atoms with Crippen LogP contribution in [-0.4, -0.2) is 43.5 Å². The van der Waals surface area contributed by atoms with E-state index in [0.717, 1.165) is 48.5 Å². The van der Waals surface area contributed by atoms with Crippen molar-refractivity contribution in [3.63, 3.8) is 0 Å². The number of benzene rings is 2. The van der Waals surface area contributed by atoms with Crippen molar-refractivity contribution in [2.24, 2.45) is 0 Å². The minimum atomic E-state index is -0.110. The van der Waals surface area contributed by atoms with Crippen molar-refractivity contribution in [2.45, 2.75) is 32.5 Å². The van der Waals surface area contributed by atoms with E-state index in [1.807, 2.05) is 24.4 Å². The third kappa shape index (κ3) is 4.67. The molecule has 31 heavy (non-hydrogen) atoms. The molecule has 0 saturated carbocycles. The van der Waals surface area contributed by atoms with Crippen LogP contribution in [0.25, 0.3) is 10.9 Å². The van der Waals surface area contributed by atoms with Gasteiger partial charge in [-0.25, -0.2) is 4.68 Å². The lowest BCUT2D eigenvalue weighted by atomic mass is 10.2. The predicted octanol–water partition coefficient (Wildman–Crippen LogP) is 3.52. The lowest BCUT2D eigenvalue weighted by Crippen LogP contribution is -2.19. The van der Waals surface area contributed by atoms with Crippen molar-refractivity contribution >= 4 is 22.5 Å². The number of amides is 1. The third-order valence-electron chi connectivity index (χ3n) is 5.73. The summed E-state index contributed by atoms with van der Waals surface area (Å²) in [5.74, 6) is -0.110. The molecule has 4 aromatic rings. The normalized spacial score (nSPS) is 14.3. The topological polar surface area (TPSA) is 68.0 Å². The van der Waals surface area contributed by atoms with Gasteiger partial charge in [0, 0.05) is 35.9 Å². The number of nitrogens with zero attached hydrogens (tertiary/aromatic N) is 5. The minimum absolute atomic E-state index is 0.110. The van der Waals surface area contributed by atoms with E-state index in [-0.39, 0.29) is 12.5 Å². The maximum absolute atomic E-state index is 12.5. The van der Waals surface area contributed by atoms with Gasteiger partial charge in [0.1, 0.15) is 6.54 Å². The SMILES string of the molecule is O=C(Cn1cc(CN2CCCC2)nn1)Nc1ccc2c(ccn2Cc2ccccc2)c1. The van der Waals surface area contributed by atoms with Crippen LogP contribution in [0.4, 0.5) is 5.69 Å². The van der Waals surface area contributed by atoms with Crippen molar-refractivity contribution in [3.8, 4) is 0 Å². The molecule has 1 fully saturated rings. The van der Waals surface area contributed by atoms with Crippen LogP contribution >= 0.6 is 0 Å². The highest BCUT2D eigenvalue weighted by atomic mass is 16.2. The first-order valence-electron chi connectivity index (χ1n) is 10.8. The Morgan fingerprint density at radius 3 is 2.68 bits per heavy atom. The summed E-state index contributed by atoms with van der Waals surface area (Å²) in [5, 5.41) is 12.4. The molecule has 0 radical (unpaired) electrons. The summed E-state index contributed by atoms with van der Waals surface area (Å²) >= 11 is 0. The molecule has 1 N–H and O–H groups in total. The Balaban J connectivity index is 1.21. The van der Waals surface area contributed by atoms with Crippen LogP contribution in [0.1, 0.15) is 24.1 Å². The Morgan fingerprint density at radius 1 is 1.00 bits per heavy atom. The lowest BCUT2D eigenvalue weighted by Gasteiger charge is -2.11. The van der Waals surface area contributed by atoms with Crippen LogP contribution < -0.4 is 5.32 Å². The molecule has 1 aliphatic heterocycles. The number of aromatic nitrogens is 4. The third-order valence-corrected chi connectivity index (χ3v) is 5.73. The summed E-state index contributed by atoms with van der Waals surface area (Å²) < 4.78 is 3.82. The average Bonchev–Trinajstić information content (AvgIpc) is 3.52. The van der Waals surface area contributed by atoms with E-state index in [0.29, 0.717) is 0 Å². The number of anilines is 1. The molecule has 2 aromatic heterocycles. The fourth-order valence-corrected chi connectivity index (χ4v) is 4.20. The Labute approximate surface area is 181 Å². The second kappa shape index (κ2) is 8.73. The number of nitrogens with one attached hydrogen (secondary N) is 1. The molecular formula is C24H26N6O. The summed E-state index contributed by atoms with van der Waals surface area (Å²) in [7, 11) is 0. The number of likely N-dealkylation sites (tertiary alicyclic amines) is 1. The van der Waals surface area contributed by atoms with Crippen molar-refractivity contribution in [3.05, 3.63) is 78.2 Å². The molecule has 3 heterocycles. The molecule has 5 rings (SSSR count). The van der Waals surface area contributed by atoms with E-state index in [2.05, 4.69) is 67.7 Å². The van der Waals surface area contributed by atoms with Crippen molar-refractivity contribution in [1.82, 2.24) is 24.5 Å². The largest absolute Gasteiger partial charge is 0.343 e. The maximum atomic E-state index is 12.5. The molecule has 2 aromatic carbocycles. The monoisotopic (exact) mass is 414 g/mol. The van der Waals surface area contributed by atoms with E-state index >= 15 is 0 Å². The first-order chi connectivity index (χ1) is 15.2. The van der Waals surface area contributed by atoms with Gasteiger partial charge in [-0.15, -0.1) is 5.10 Å². The van der Waals surface area contributed by atoms with Crippen LogP contribution in [-0.2, 0) is 24.4 Å². The van der Waals surface area contributed by atoms with Crippen LogP contribution in [0, 0.1) is 0 Å². The number of hydrogen-bond donors (Lipinski definition) is 1. The van der Waals surface area contributed by atoms with Gasteiger partial charge in [-0.1, -0.05) is 35.5 Å². The van der Waals surface area contributed by atoms with Gasteiger partial charge in [-0.2, -0.15) is 0 Å². The molecular weight excluding hydrogens is 388 g/mol. The minimum Gasteiger partial charge on any atom is -0.343 e. The molecule has 7 heteroatoms. The van der Waals surface area contributed by atoms with Gasteiger partial charge < -0.3 is 9.88 Å². The highest BCUT2D eigenvalue weighted by Crippen LogP contribution is 2.21. The molecule has 1 saturated heterocycles. The Hall–Kier alpha value is -3.45. The van der Waals surface area contributed by atoms with E-state index in [1.165, 1.54) is 18.4 Å². The predicted molar refractivity (Wildman–Crippen MR) is 121 cm³/mol. The summed E-state index contributed by atoms with van der Waals surface area (Å²) in [6.07, 6.45) is 6.44. The smallest absolute Gasteiger partial charge is 0.246 e. The molecule has 0 bridgehead atoms. The Bertz CT molecular complexity index is 1170. The van der Waals surface area contributed by atoms with Gasteiger partial charge in [0.15, 0.2) is 0 Å². The quantitative estimate of drug-likeness (QED) is 0.502. The van der Waals surface area contributed by atoms with E-state index in [1.54, 1.807) is 4.68 Å². The highest BCUT2D eigenvalue weighted by molar-refractivity contribution is 5.93. The molecule has 7 nitrogen and oxygen atoms in total. The number of carbonyl (C=O) groups is 1. The summed E-state index contributed by atoms with van der Waals surface area (Å²) in [4.78, 5) is 14.9. The van der Waals surface area contributed by atoms with Crippen molar-refractivity contribution in [2.75, 3.05) is 18.4 Å². The first kappa shape index (κ1) is 19.5. The fourth-order valence-electron chi connectivity index (χ4n) is 4.20.